The molecule has 0 aromatic heterocycles. The average molecular weight is 647 g/mol. The molecule has 1 heterocycles. The van der Waals surface area contributed by atoms with E-state index in [1.165, 1.54) is 5.56 Å². The Balaban J connectivity index is 1.35. The number of hydrogen-bond donors (Lipinski definition) is 0. The van der Waals surface area contributed by atoms with Crippen molar-refractivity contribution >= 4 is 8.32 Å². The van der Waals surface area contributed by atoms with Crippen molar-refractivity contribution in [3.63, 3.8) is 0 Å². The summed E-state index contributed by atoms with van der Waals surface area (Å²) in [5.74, 6) is 1.82. The van der Waals surface area contributed by atoms with Crippen molar-refractivity contribution in [3.8, 4) is 5.75 Å². The molecule has 0 amide bonds. The van der Waals surface area contributed by atoms with Gasteiger partial charge in [-0.05, 0) is 65.9 Å². The molecule has 0 bridgehead atoms. The molecule has 4 rings (SSSR count). The second-order valence-electron chi connectivity index (χ2n) is 13.7. The van der Waals surface area contributed by atoms with Crippen LogP contribution in [0.1, 0.15) is 63.1 Å². The Morgan fingerprint density at radius 1 is 0.804 bits per heavy atom. The molecular weight excluding hydrogens is 593 g/mol. The Bertz CT molecular complexity index is 1300. The fraction of sp³-hybridized carbons (Fsp3) is 0.487. The van der Waals surface area contributed by atoms with Gasteiger partial charge in [0.05, 0.1) is 58.1 Å². The van der Waals surface area contributed by atoms with Crippen LogP contribution in [0.15, 0.2) is 96.8 Å². The van der Waals surface area contributed by atoms with Crippen molar-refractivity contribution in [2.24, 2.45) is 0 Å². The third kappa shape index (κ3) is 12.0. The summed E-state index contributed by atoms with van der Waals surface area (Å²) >= 11 is 0. The van der Waals surface area contributed by atoms with Gasteiger partial charge in [-0.2, -0.15) is 0 Å². The standard InChI is InChI=1S/C39H54O6Si/c1-39(2,3)46(5,6)45-36(29-41-27-33-20-22-34(40-4)23-21-33)19-13-18-35-24-37(43-28-32-16-11-8-12-17-32)25-38(44-35)30-42-26-31-14-9-7-10-15-31/h7-12,14-17,20-24,36-38H,13,18-19,25-30H2,1-6H3/t36-,37+,38+/m1/s1. The number of allylic oxidation sites excluding steroid dienone is 1. The van der Waals surface area contributed by atoms with Crippen LogP contribution in [0.3, 0.4) is 0 Å². The highest BCUT2D eigenvalue weighted by Gasteiger charge is 2.39. The number of rotatable bonds is 18. The smallest absolute Gasteiger partial charge is 0.192 e. The summed E-state index contributed by atoms with van der Waals surface area (Å²) in [6.07, 6.45) is 5.50. The van der Waals surface area contributed by atoms with Crippen LogP contribution in [-0.4, -0.2) is 47.0 Å². The lowest BCUT2D eigenvalue weighted by molar-refractivity contribution is -0.0462. The topological polar surface area (TPSA) is 55.4 Å². The molecule has 6 nitrogen and oxygen atoms in total. The maximum absolute atomic E-state index is 6.88. The first kappa shape index (κ1) is 35.9. The average Bonchev–Trinajstić information content (AvgIpc) is 3.04. The van der Waals surface area contributed by atoms with E-state index in [0.29, 0.717) is 33.0 Å². The Labute approximate surface area is 278 Å². The van der Waals surface area contributed by atoms with Gasteiger partial charge in [-0.15, -0.1) is 0 Å². The maximum atomic E-state index is 6.88. The van der Waals surface area contributed by atoms with Gasteiger partial charge in [0.25, 0.3) is 0 Å². The Hall–Kier alpha value is -2.94. The van der Waals surface area contributed by atoms with Crippen LogP contribution in [0.4, 0.5) is 0 Å². The van der Waals surface area contributed by atoms with Gasteiger partial charge in [0, 0.05) is 12.8 Å². The zero-order valence-electron chi connectivity index (χ0n) is 28.7. The Morgan fingerprint density at radius 2 is 1.41 bits per heavy atom. The maximum Gasteiger partial charge on any atom is 0.192 e. The first-order chi connectivity index (χ1) is 22.1. The van der Waals surface area contributed by atoms with Crippen molar-refractivity contribution in [1.82, 2.24) is 0 Å². The molecule has 0 radical (unpaired) electrons. The number of methoxy groups -OCH3 is 1. The van der Waals surface area contributed by atoms with Gasteiger partial charge < -0.3 is 28.1 Å². The first-order valence-corrected chi connectivity index (χ1v) is 19.5. The number of benzene rings is 3. The fourth-order valence-corrected chi connectivity index (χ4v) is 6.53. The predicted molar refractivity (Wildman–Crippen MR) is 187 cm³/mol. The Kier molecular flexibility index (Phi) is 13.9. The van der Waals surface area contributed by atoms with E-state index in [1.54, 1.807) is 7.11 Å². The highest BCUT2D eigenvalue weighted by Crippen LogP contribution is 2.38. The lowest BCUT2D eigenvalue weighted by Crippen LogP contribution is -2.45. The van der Waals surface area contributed by atoms with Gasteiger partial charge >= 0.3 is 0 Å². The molecule has 0 saturated carbocycles. The molecule has 3 atom stereocenters. The van der Waals surface area contributed by atoms with Crippen LogP contribution in [0.2, 0.25) is 18.1 Å². The lowest BCUT2D eigenvalue weighted by Gasteiger charge is -2.39. The van der Waals surface area contributed by atoms with E-state index in [2.05, 4.69) is 64.2 Å². The highest BCUT2D eigenvalue weighted by molar-refractivity contribution is 6.74. The zero-order chi connectivity index (χ0) is 32.8. The van der Waals surface area contributed by atoms with Crippen molar-refractivity contribution in [2.75, 3.05) is 20.3 Å². The molecule has 7 heteroatoms. The summed E-state index contributed by atoms with van der Waals surface area (Å²) in [6.45, 7) is 14.2. The van der Waals surface area contributed by atoms with Crippen molar-refractivity contribution in [1.29, 1.82) is 0 Å². The summed E-state index contributed by atoms with van der Waals surface area (Å²) < 4.78 is 37.3. The number of hydrogen-bond acceptors (Lipinski definition) is 6. The minimum Gasteiger partial charge on any atom is -0.497 e. The molecule has 3 aromatic rings. The first-order valence-electron chi connectivity index (χ1n) is 16.6. The van der Waals surface area contributed by atoms with Crippen LogP contribution < -0.4 is 4.74 Å². The summed E-state index contributed by atoms with van der Waals surface area (Å²) in [5.41, 5.74) is 3.45. The van der Waals surface area contributed by atoms with Crippen LogP contribution in [-0.2, 0) is 43.2 Å². The zero-order valence-corrected chi connectivity index (χ0v) is 29.7. The normalized spacial score (nSPS) is 17.7. The van der Waals surface area contributed by atoms with E-state index in [4.69, 9.17) is 28.1 Å². The Morgan fingerprint density at radius 3 is 2.04 bits per heavy atom. The second-order valence-corrected chi connectivity index (χ2v) is 18.5. The van der Waals surface area contributed by atoms with Gasteiger partial charge in [0.15, 0.2) is 8.32 Å². The molecule has 0 saturated heterocycles. The second kappa shape index (κ2) is 17.8. The molecule has 1 aliphatic rings. The summed E-state index contributed by atoms with van der Waals surface area (Å²) in [7, 11) is -0.305. The van der Waals surface area contributed by atoms with E-state index >= 15 is 0 Å². The van der Waals surface area contributed by atoms with Crippen LogP contribution >= 0.6 is 0 Å². The minimum atomic E-state index is -1.99. The van der Waals surface area contributed by atoms with E-state index in [9.17, 15) is 0 Å². The molecule has 0 N–H and O–H groups in total. The van der Waals surface area contributed by atoms with Crippen LogP contribution in [0.25, 0.3) is 0 Å². The SMILES string of the molecule is COc1ccc(COC[C@@H](CCCC2=C[C@H](OCc3ccccc3)C[C@@H](COCc3ccccc3)O2)O[Si](C)(C)C(C)(C)C)cc1. The van der Waals surface area contributed by atoms with Gasteiger partial charge in [0.1, 0.15) is 11.9 Å². The van der Waals surface area contributed by atoms with Gasteiger partial charge in [-0.3, -0.25) is 0 Å². The van der Waals surface area contributed by atoms with Crippen LogP contribution in [0.5, 0.6) is 5.75 Å². The lowest BCUT2D eigenvalue weighted by atomic mass is 10.0. The molecule has 0 aliphatic carbocycles. The summed E-state index contributed by atoms with van der Waals surface area (Å²) in [4.78, 5) is 0. The largest absolute Gasteiger partial charge is 0.497 e. The predicted octanol–water partition coefficient (Wildman–Crippen LogP) is 9.25. The van der Waals surface area contributed by atoms with Gasteiger partial charge in [-0.25, -0.2) is 0 Å². The highest BCUT2D eigenvalue weighted by atomic mass is 28.4. The van der Waals surface area contributed by atoms with Crippen LogP contribution in [0, 0.1) is 0 Å². The minimum absolute atomic E-state index is 0.0125. The van der Waals surface area contributed by atoms with Crippen molar-refractivity contribution in [2.45, 2.75) is 103 Å². The number of ether oxygens (including phenoxy) is 5. The summed E-state index contributed by atoms with van der Waals surface area (Å²) in [5, 5.41) is 0.118. The molecule has 0 unspecified atom stereocenters. The molecular formula is C39H54O6Si. The fourth-order valence-electron chi connectivity index (χ4n) is 5.16. The van der Waals surface area contributed by atoms with Crippen molar-refractivity contribution < 1.29 is 28.1 Å². The van der Waals surface area contributed by atoms with Crippen molar-refractivity contribution in [3.05, 3.63) is 113 Å². The molecule has 250 valence electrons. The summed E-state index contributed by atoms with van der Waals surface area (Å²) in [6, 6.07) is 28.6. The molecule has 1 aliphatic heterocycles. The van der Waals surface area contributed by atoms with Gasteiger partial charge in [0.2, 0.25) is 0 Å². The van der Waals surface area contributed by atoms with Gasteiger partial charge in [-0.1, -0.05) is 93.6 Å². The monoisotopic (exact) mass is 646 g/mol. The molecule has 46 heavy (non-hydrogen) atoms. The van der Waals surface area contributed by atoms with E-state index < -0.39 is 8.32 Å². The van der Waals surface area contributed by atoms with E-state index in [1.807, 2.05) is 60.7 Å². The molecule has 0 fully saturated rings. The quantitative estimate of drug-likeness (QED) is 0.128. The third-order valence-electron chi connectivity index (χ3n) is 8.86. The molecule has 0 spiro atoms. The molecule has 3 aromatic carbocycles. The third-order valence-corrected chi connectivity index (χ3v) is 13.4. The van der Waals surface area contributed by atoms with E-state index in [-0.39, 0.29) is 23.4 Å². The van der Waals surface area contributed by atoms with E-state index in [0.717, 1.165) is 48.3 Å².